The van der Waals surface area contributed by atoms with Crippen molar-refractivity contribution in [1.29, 1.82) is 0 Å². The lowest BCUT2D eigenvalue weighted by molar-refractivity contribution is 0.0364. The van der Waals surface area contributed by atoms with Gasteiger partial charge in [0.25, 0.3) is 5.91 Å². The Morgan fingerprint density at radius 2 is 1.75 bits per heavy atom. The van der Waals surface area contributed by atoms with Gasteiger partial charge < -0.3 is 19.9 Å². The fourth-order valence-corrected chi connectivity index (χ4v) is 6.00. The average molecular weight is 644 g/mol. The second-order valence-electron chi connectivity index (χ2n) is 10.2. The van der Waals surface area contributed by atoms with Crippen LogP contribution in [0.5, 0.6) is 5.75 Å². The van der Waals surface area contributed by atoms with Crippen LogP contribution in [-0.2, 0) is 11.4 Å². The predicted octanol–water partition coefficient (Wildman–Crippen LogP) is 5.33. The van der Waals surface area contributed by atoms with Gasteiger partial charge in [0.15, 0.2) is 0 Å². The van der Waals surface area contributed by atoms with E-state index in [1.807, 2.05) is 19.1 Å². The maximum absolute atomic E-state index is 13.9. The average Bonchev–Trinajstić information content (AvgIpc) is 3.04. The summed E-state index contributed by atoms with van der Waals surface area (Å²) in [6.07, 6.45) is 1.67. The van der Waals surface area contributed by atoms with Crippen LogP contribution in [0.3, 0.4) is 0 Å². The summed E-state index contributed by atoms with van der Waals surface area (Å²) in [4.78, 5) is 48.6. The van der Waals surface area contributed by atoms with Crippen LogP contribution in [0.2, 0.25) is 10.0 Å². The van der Waals surface area contributed by atoms with Gasteiger partial charge in [0.1, 0.15) is 16.6 Å². The Labute approximate surface area is 266 Å². The van der Waals surface area contributed by atoms with E-state index in [0.717, 1.165) is 38.4 Å². The van der Waals surface area contributed by atoms with Crippen LogP contribution >= 0.6 is 23.2 Å². The molecule has 0 bridgehead atoms. The van der Waals surface area contributed by atoms with Crippen molar-refractivity contribution in [2.24, 2.45) is 0 Å². The minimum absolute atomic E-state index is 0.0178. The van der Waals surface area contributed by atoms with Gasteiger partial charge in [-0.25, -0.2) is 15.3 Å². The molecule has 0 spiro atoms. The van der Waals surface area contributed by atoms with Crippen LogP contribution in [0.1, 0.15) is 36.7 Å². The number of hydrogen-bond acceptors (Lipinski definition) is 9. The number of fused-ring (bicyclic) bond motifs is 1. The molecule has 3 aromatic rings. The Morgan fingerprint density at radius 3 is 2.39 bits per heavy atom. The third-order valence-electron chi connectivity index (χ3n) is 7.70. The third kappa shape index (κ3) is 6.34. The molecule has 0 radical (unpaired) electrons. The number of hydrogen-bond donors (Lipinski definition) is 2. The molecule has 44 heavy (non-hydrogen) atoms. The number of halogens is 2. The van der Waals surface area contributed by atoms with Crippen molar-refractivity contribution < 1.29 is 19.2 Å². The molecule has 5 rings (SSSR count). The number of methoxy groups -OCH3 is 1. The maximum atomic E-state index is 13.9. The van der Waals surface area contributed by atoms with Gasteiger partial charge in [0.2, 0.25) is 5.95 Å². The van der Waals surface area contributed by atoms with Gasteiger partial charge in [-0.05, 0) is 50.7 Å². The number of amides is 3. The third-order valence-corrected chi connectivity index (χ3v) is 8.45. The van der Waals surface area contributed by atoms with Crippen molar-refractivity contribution in [3.63, 3.8) is 0 Å². The molecular formula is C30H36Cl2N8O4. The van der Waals surface area contributed by atoms with Crippen molar-refractivity contribution in [2.75, 3.05) is 73.0 Å². The number of hydroxylamine groups is 1. The fourth-order valence-electron chi connectivity index (χ4n) is 5.29. The number of rotatable bonds is 10. The van der Waals surface area contributed by atoms with Crippen LogP contribution in [0.15, 0.2) is 36.5 Å². The number of nitrogens with one attached hydrogen (secondary N) is 2. The first-order valence-electron chi connectivity index (χ1n) is 14.6. The van der Waals surface area contributed by atoms with E-state index < -0.39 is 11.9 Å². The van der Waals surface area contributed by atoms with Crippen molar-refractivity contribution >= 4 is 64.0 Å². The first-order valence-corrected chi connectivity index (χ1v) is 15.3. The molecule has 0 atom stereocenters. The highest BCUT2D eigenvalue weighted by atomic mass is 35.5. The zero-order valence-electron chi connectivity index (χ0n) is 25.2. The number of benzene rings is 2. The van der Waals surface area contributed by atoms with Crippen LogP contribution in [0, 0.1) is 0 Å². The van der Waals surface area contributed by atoms with Gasteiger partial charge in [-0.15, -0.1) is 0 Å². The molecule has 234 valence electrons. The lowest BCUT2D eigenvalue weighted by Gasteiger charge is -2.36. The summed E-state index contributed by atoms with van der Waals surface area (Å²) in [6.45, 7) is 11.6. The zero-order valence-corrected chi connectivity index (χ0v) is 26.7. The second kappa shape index (κ2) is 13.9. The topological polar surface area (TPSA) is 115 Å². The molecule has 2 aliphatic rings. The summed E-state index contributed by atoms with van der Waals surface area (Å²) in [7, 11) is 1.41. The minimum atomic E-state index is -0.601. The lowest BCUT2D eigenvalue weighted by atomic mass is 10.1. The molecule has 14 heteroatoms. The smallest absolute Gasteiger partial charge is 0.330 e. The summed E-state index contributed by atoms with van der Waals surface area (Å²) in [5, 5.41) is 3.33. The van der Waals surface area contributed by atoms with E-state index in [1.165, 1.54) is 28.7 Å². The first-order chi connectivity index (χ1) is 21.3. The normalized spacial score (nSPS) is 15.3. The SMILES string of the molecule is CCONC(=O)c1cc(OC)c(Cl)c(N2Cc3cnc(Nc4ccc(N5CCN(CC)CC5)cc4)nc3N(CC)C2=O)c1Cl. The Bertz CT molecular complexity index is 1520. The Kier molecular flexibility index (Phi) is 9.94. The molecule has 0 saturated carbocycles. The van der Waals surface area contributed by atoms with Gasteiger partial charge in [-0.3, -0.25) is 19.4 Å². The Morgan fingerprint density at radius 1 is 1.02 bits per heavy atom. The van der Waals surface area contributed by atoms with E-state index >= 15 is 0 Å². The summed E-state index contributed by atoms with van der Waals surface area (Å²) < 4.78 is 5.41. The van der Waals surface area contributed by atoms with Crippen LogP contribution in [0.4, 0.5) is 33.6 Å². The molecular weight excluding hydrogens is 607 g/mol. The number of carbonyl (C=O) groups is 2. The van der Waals surface area contributed by atoms with Crippen LogP contribution in [-0.4, -0.2) is 79.8 Å². The van der Waals surface area contributed by atoms with Crippen molar-refractivity contribution in [1.82, 2.24) is 20.3 Å². The molecule has 0 unspecified atom stereocenters. The van der Waals surface area contributed by atoms with Crippen molar-refractivity contribution in [3.8, 4) is 5.75 Å². The van der Waals surface area contributed by atoms with Gasteiger partial charge in [0.05, 0.1) is 36.5 Å². The summed E-state index contributed by atoms with van der Waals surface area (Å²) in [6, 6.07) is 9.18. The zero-order chi connectivity index (χ0) is 31.4. The number of aromatic nitrogens is 2. The van der Waals surface area contributed by atoms with E-state index in [4.69, 9.17) is 37.8 Å². The van der Waals surface area contributed by atoms with E-state index in [1.54, 1.807) is 13.1 Å². The molecule has 2 N–H and O–H groups in total. The summed E-state index contributed by atoms with van der Waals surface area (Å²) in [5.74, 6) is 0.414. The van der Waals surface area contributed by atoms with Gasteiger partial charge in [-0.1, -0.05) is 30.1 Å². The van der Waals surface area contributed by atoms with Crippen molar-refractivity contribution in [3.05, 3.63) is 57.7 Å². The van der Waals surface area contributed by atoms with E-state index in [9.17, 15) is 9.59 Å². The van der Waals surface area contributed by atoms with Gasteiger partial charge in [0, 0.05) is 55.9 Å². The number of ether oxygens (including phenoxy) is 1. The largest absolute Gasteiger partial charge is 0.495 e. The first kappa shape index (κ1) is 31.6. The van der Waals surface area contributed by atoms with E-state index in [2.05, 4.69) is 44.6 Å². The van der Waals surface area contributed by atoms with Crippen LogP contribution in [0.25, 0.3) is 0 Å². The molecule has 2 aromatic carbocycles. The van der Waals surface area contributed by atoms with Gasteiger partial charge in [-0.2, -0.15) is 4.98 Å². The molecule has 3 amide bonds. The number of piperazine rings is 1. The molecule has 2 aliphatic heterocycles. The lowest BCUT2D eigenvalue weighted by Crippen LogP contribution is -2.48. The summed E-state index contributed by atoms with van der Waals surface area (Å²) in [5.41, 5.74) is 5.19. The molecule has 1 aromatic heterocycles. The fraction of sp³-hybridized carbons (Fsp3) is 0.400. The number of likely N-dealkylation sites (N-methyl/N-ethyl adjacent to an activating group) is 1. The highest BCUT2D eigenvalue weighted by molar-refractivity contribution is 6.43. The maximum Gasteiger partial charge on any atom is 0.330 e. The molecule has 1 fully saturated rings. The number of nitrogens with zero attached hydrogens (tertiary/aromatic N) is 6. The van der Waals surface area contributed by atoms with Gasteiger partial charge >= 0.3 is 6.03 Å². The van der Waals surface area contributed by atoms with Crippen molar-refractivity contribution in [2.45, 2.75) is 27.3 Å². The number of carbonyl (C=O) groups excluding carboxylic acids is 2. The van der Waals surface area contributed by atoms with E-state index in [-0.39, 0.29) is 40.2 Å². The molecule has 0 aliphatic carbocycles. The molecule has 12 nitrogen and oxygen atoms in total. The monoisotopic (exact) mass is 642 g/mol. The Balaban J connectivity index is 1.39. The predicted molar refractivity (Wildman–Crippen MR) is 173 cm³/mol. The molecule has 1 saturated heterocycles. The quantitative estimate of drug-likeness (QED) is 0.283. The second-order valence-corrected chi connectivity index (χ2v) is 11.0. The standard InChI is InChI=1S/C30H36Cl2N8O4/c1-5-37-12-14-38(15-13-37)21-10-8-20(9-11-21)34-29-33-17-19-18-40(30(42)39(6-2)27(19)35-29)26-24(31)22(28(41)36-44-7-3)16-23(43-4)25(26)32/h8-11,16-17H,5-7,12-15,18H2,1-4H3,(H,36,41)(H,33,34,35). The minimum Gasteiger partial charge on any atom is -0.495 e. The molecule has 3 heterocycles. The highest BCUT2D eigenvalue weighted by Crippen LogP contribution is 2.45. The number of urea groups is 1. The van der Waals surface area contributed by atoms with E-state index in [0.29, 0.717) is 23.9 Å². The number of anilines is 5. The Hall–Kier alpha value is -3.84. The summed E-state index contributed by atoms with van der Waals surface area (Å²) >= 11 is 13.4. The highest BCUT2D eigenvalue weighted by Gasteiger charge is 2.36. The van der Waals surface area contributed by atoms with Crippen LogP contribution < -0.4 is 30.2 Å².